The maximum Gasteiger partial charge on any atom is 0.263 e. The zero-order chi connectivity index (χ0) is 21.6. The van der Waals surface area contributed by atoms with Crippen molar-refractivity contribution in [3.05, 3.63) is 41.3 Å². The minimum atomic E-state index is -3.05. The number of fused-ring (bicyclic) bond motifs is 3. The number of furan rings is 1. The van der Waals surface area contributed by atoms with Crippen LogP contribution < -0.4 is 10.1 Å². The molecule has 2 aromatic heterocycles. The first-order chi connectivity index (χ1) is 14.9. The molecule has 1 N–H and O–H groups in total. The Hall–Kier alpha value is -2.81. The second kappa shape index (κ2) is 7.71. The number of rotatable bonds is 5. The molecule has 164 valence electrons. The number of nitrogens with one attached hydrogen (secondary N) is 1. The summed E-state index contributed by atoms with van der Waals surface area (Å²) in [6.07, 6.45) is 4.78. The Bertz CT molecular complexity index is 1260. The summed E-state index contributed by atoms with van der Waals surface area (Å²) in [6, 6.07) is 7.12. The van der Waals surface area contributed by atoms with Crippen molar-refractivity contribution in [2.45, 2.75) is 45.1 Å². The van der Waals surface area contributed by atoms with Crippen LogP contribution in [-0.4, -0.2) is 42.2 Å². The third-order valence-corrected chi connectivity index (χ3v) is 7.73. The summed E-state index contributed by atoms with van der Waals surface area (Å²) >= 11 is 0. The number of carbonyl (C=O) groups excluding carboxylic acids is 1. The second-order valence-corrected chi connectivity index (χ2v) is 10.6. The van der Waals surface area contributed by atoms with Crippen molar-refractivity contribution < 1.29 is 22.4 Å². The number of nitrogens with zero attached hydrogens (tertiary/aromatic N) is 2. The van der Waals surface area contributed by atoms with Crippen molar-refractivity contribution in [2.75, 3.05) is 23.4 Å². The standard InChI is InChI=1S/C22H25N3O5S/c1-14-10-21(25(24-14)15-8-9-31(27,28)13-15)23-22(26)12-29-16-6-7-20-18(11-16)17-4-2-3-5-19(17)30-20/h6-7,10-11,15H,2-5,8-9,12-13H2,1H3,(H,23,26)/t15-/m1/s1. The van der Waals surface area contributed by atoms with Crippen LogP contribution in [0.25, 0.3) is 11.0 Å². The van der Waals surface area contributed by atoms with Crippen molar-refractivity contribution in [1.82, 2.24) is 9.78 Å². The molecule has 0 bridgehead atoms. The number of sulfone groups is 1. The fourth-order valence-electron chi connectivity index (χ4n) is 4.52. The van der Waals surface area contributed by atoms with Crippen molar-refractivity contribution in [3.63, 3.8) is 0 Å². The van der Waals surface area contributed by atoms with E-state index >= 15 is 0 Å². The SMILES string of the molecule is Cc1cc(NC(=O)COc2ccc3oc4c(c3c2)CCCC4)n([C@@H]2CCS(=O)(=O)C2)n1. The van der Waals surface area contributed by atoms with Crippen LogP contribution in [0.1, 0.15) is 42.3 Å². The third-order valence-electron chi connectivity index (χ3n) is 5.98. The molecule has 2 aliphatic rings. The zero-order valence-corrected chi connectivity index (χ0v) is 18.2. The van der Waals surface area contributed by atoms with Gasteiger partial charge in [-0.3, -0.25) is 4.79 Å². The molecular formula is C22H25N3O5S. The van der Waals surface area contributed by atoms with Crippen LogP contribution in [0.5, 0.6) is 5.75 Å². The van der Waals surface area contributed by atoms with Crippen LogP contribution >= 0.6 is 0 Å². The summed E-state index contributed by atoms with van der Waals surface area (Å²) in [6.45, 7) is 1.66. The molecule has 0 spiro atoms. The van der Waals surface area contributed by atoms with Crippen LogP contribution in [0.4, 0.5) is 5.82 Å². The highest BCUT2D eigenvalue weighted by molar-refractivity contribution is 7.91. The molecule has 1 fully saturated rings. The largest absolute Gasteiger partial charge is 0.484 e. The van der Waals surface area contributed by atoms with Crippen molar-refractivity contribution in [1.29, 1.82) is 0 Å². The smallest absolute Gasteiger partial charge is 0.263 e. The molecule has 0 unspecified atom stereocenters. The van der Waals surface area contributed by atoms with Gasteiger partial charge in [-0.1, -0.05) is 0 Å². The Kier molecular flexibility index (Phi) is 5.00. The van der Waals surface area contributed by atoms with Gasteiger partial charge in [0.25, 0.3) is 5.91 Å². The number of aryl methyl sites for hydroxylation is 3. The molecule has 0 radical (unpaired) electrons. The summed E-state index contributed by atoms with van der Waals surface area (Å²) in [7, 11) is -3.05. The molecule has 31 heavy (non-hydrogen) atoms. The fourth-order valence-corrected chi connectivity index (χ4v) is 6.21. The molecule has 5 rings (SSSR count). The van der Waals surface area contributed by atoms with Crippen molar-refractivity contribution in [3.8, 4) is 5.75 Å². The van der Waals surface area contributed by atoms with Gasteiger partial charge < -0.3 is 14.5 Å². The maximum absolute atomic E-state index is 12.5. The van der Waals surface area contributed by atoms with Gasteiger partial charge in [0.15, 0.2) is 16.4 Å². The van der Waals surface area contributed by atoms with Crippen LogP contribution in [-0.2, 0) is 27.5 Å². The molecule has 1 amide bonds. The predicted octanol–water partition coefficient (Wildman–Crippen LogP) is 3.19. The second-order valence-electron chi connectivity index (χ2n) is 8.38. The van der Waals surface area contributed by atoms with Crippen LogP contribution in [0.3, 0.4) is 0 Å². The van der Waals surface area contributed by atoms with E-state index < -0.39 is 9.84 Å². The van der Waals surface area contributed by atoms with E-state index in [0.717, 1.165) is 48.1 Å². The minimum absolute atomic E-state index is 0.0442. The quantitative estimate of drug-likeness (QED) is 0.650. The number of amides is 1. The predicted molar refractivity (Wildman–Crippen MR) is 116 cm³/mol. The molecule has 1 aliphatic carbocycles. The molecule has 1 aromatic carbocycles. The van der Waals surface area contributed by atoms with Crippen LogP contribution in [0.15, 0.2) is 28.7 Å². The van der Waals surface area contributed by atoms with E-state index in [2.05, 4.69) is 10.4 Å². The lowest BCUT2D eigenvalue weighted by molar-refractivity contribution is -0.118. The highest BCUT2D eigenvalue weighted by Gasteiger charge is 2.31. The van der Waals surface area contributed by atoms with Gasteiger partial charge in [0.05, 0.1) is 23.2 Å². The lowest BCUT2D eigenvalue weighted by Crippen LogP contribution is -2.23. The first-order valence-corrected chi connectivity index (χ1v) is 12.4. The maximum atomic E-state index is 12.5. The lowest BCUT2D eigenvalue weighted by atomic mass is 9.96. The summed E-state index contributed by atoms with van der Waals surface area (Å²) in [5.74, 6) is 2.04. The lowest BCUT2D eigenvalue weighted by Gasteiger charge is -2.14. The first-order valence-electron chi connectivity index (χ1n) is 10.6. The summed E-state index contributed by atoms with van der Waals surface area (Å²) in [5.41, 5.74) is 2.83. The van der Waals surface area contributed by atoms with Crippen LogP contribution in [0, 0.1) is 6.92 Å². The van der Waals surface area contributed by atoms with Gasteiger partial charge in [-0.25, -0.2) is 13.1 Å². The number of hydrogen-bond donors (Lipinski definition) is 1. The average molecular weight is 444 g/mol. The third kappa shape index (κ3) is 4.06. The van der Waals surface area contributed by atoms with Gasteiger partial charge in [-0.2, -0.15) is 5.10 Å². The number of hydrogen-bond acceptors (Lipinski definition) is 6. The minimum Gasteiger partial charge on any atom is -0.484 e. The molecule has 1 aliphatic heterocycles. The molecule has 3 aromatic rings. The Balaban J connectivity index is 1.27. The summed E-state index contributed by atoms with van der Waals surface area (Å²) in [5, 5.41) is 8.26. The molecule has 1 atom stereocenters. The van der Waals surface area contributed by atoms with Gasteiger partial charge >= 0.3 is 0 Å². The molecule has 9 heteroatoms. The topological polar surface area (TPSA) is 103 Å². The van der Waals surface area contributed by atoms with E-state index in [4.69, 9.17) is 9.15 Å². The Morgan fingerprint density at radius 2 is 2.13 bits per heavy atom. The summed E-state index contributed by atoms with van der Waals surface area (Å²) < 4.78 is 36.9. The number of ether oxygens (including phenoxy) is 1. The van der Waals surface area contributed by atoms with E-state index in [0.29, 0.717) is 18.0 Å². The number of anilines is 1. The van der Waals surface area contributed by atoms with Gasteiger partial charge in [-0.15, -0.1) is 0 Å². The van der Waals surface area contributed by atoms with E-state index in [9.17, 15) is 13.2 Å². The fraction of sp³-hybridized carbons (Fsp3) is 0.455. The van der Waals surface area contributed by atoms with Gasteiger partial charge in [0, 0.05) is 23.4 Å². The number of carbonyl (C=O) groups is 1. The Labute approximate surface area is 180 Å². The normalized spacial score (nSPS) is 20.0. The Morgan fingerprint density at radius 1 is 1.29 bits per heavy atom. The monoisotopic (exact) mass is 443 g/mol. The average Bonchev–Trinajstić information content (AvgIpc) is 3.40. The van der Waals surface area contributed by atoms with E-state index in [1.807, 2.05) is 25.1 Å². The van der Waals surface area contributed by atoms with Gasteiger partial charge in [0.2, 0.25) is 0 Å². The van der Waals surface area contributed by atoms with E-state index in [-0.39, 0.29) is 30.1 Å². The zero-order valence-electron chi connectivity index (χ0n) is 17.4. The number of aromatic nitrogens is 2. The number of benzene rings is 1. The summed E-state index contributed by atoms with van der Waals surface area (Å²) in [4.78, 5) is 12.5. The highest BCUT2D eigenvalue weighted by Crippen LogP contribution is 2.34. The van der Waals surface area contributed by atoms with Gasteiger partial charge in [-0.05, 0) is 50.8 Å². The Morgan fingerprint density at radius 3 is 2.94 bits per heavy atom. The van der Waals surface area contributed by atoms with Crippen LogP contribution in [0.2, 0.25) is 0 Å². The molecular weight excluding hydrogens is 418 g/mol. The highest BCUT2D eigenvalue weighted by atomic mass is 32.2. The molecule has 0 saturated carbocycles. The van der Waals surface area contributed by atoms with E-state index in [1.165, 1.54) is 5.56 Å². The van der Waals surface area contributed by atoms with Crippen molar-refractivity contribution >= 4 is 32.5 Å². The van der Waals surface area contributed by atoms with Gasteiger partial charge in [0.1, 0.15) is 22.9 Å². The molecule has 1 saturated heterocycles. The molecule has 8 nitrogen and oxygen atoms in total. The molecule has 3 heterocycles. The van der Waals surface area contributed by atoms with Crippen molar-refractivity contribution in [2.24, 2.45) is 0 Å². The van der Waals surface area contributed by atoms with E-state index in [1.54, 1.807) is 10.7 Å². The first kappa shape index (κ1) is 20.1.